The molecular formula is C14H21ClN2O2S. The van der Waals surface area contributed by atoms with Crippen molar-refractivity contribution in [1.82, 2.24) is 9.62 Å². The number of hydrogen-bond donors (Lipinski definition) is 1. The van der Waals surface area contributed by atoms with Gasteiger partial charge in [0, 0.05) is 24.7 Å². The van der Waals surface area contributed by atoms with Crippen LogP contribution in [-0.4, -0.2) is 32.9 Å². The third-order valence-electron chi connectivity index (χ3n) is 2.82. The lowest BCUT2D eigenvalue weighted by molar-refractivity contribution is 0.453. The predicted octanol–water partition coefficient (Wildman–Crippen LogP) is 2.65. The van der Waals surface area contributed by atoms with E-state index in [1.807, 2.05) is 13.8 Å². The fourth-order valence-electron chi connectivity index (χ4n) is 1.85. The molecule has 1 rings (SSSR count). The Balaban J connectivity index is 3.20. The topological polar surface area (TPSA) is 49.4 Å². The zero-order valence-corrected chi connectivity index (χ0v) is 13.7. The fourth-order valence-corrected chi connectivity index (χ4v) is 3.60. The summed E-state index contributed by atoms with van der Waals surface area (Å²) in [6, 6.07) is 4.78. The Morgan fingerprint density at radius 3 is 2.60 bits per heavy atom. The molecule has 0 bridgehead atoms. The monoisotopic (exact) mass is 316 g/mol. The summed E-state index contributed by atoms with van der Waals surface area (Å²) in [6.07, 6.45) is 0. The highest BCUT2D eigenvalue weighted by atomic mass is 35.5. The van der Waals surface area contributed by atoms with Crippen molar-refractivity contribution in [3.05, 3.63) is 40.9 Å². The number of benzene rings is 1. The first-order valence-corrected chi connectivity index (χ1v) is 8.22. The van der Waals surface area contributed by atoms with Crippen LogP contribution in [0.3, 0.4) is 0 Å². The molecule has 0 aromatic heterocycles. The quantitative estimate of drug-likeness (QED) is 0.787. The fraction of sp³-hybridized carbons (Fsp3) is 0.429. The molecule has 0 fully saturated rings. The molecule has 0 saturated heterocycles. The number of hydrogen-bond acceptors (Lipinski definition) is 3. The van der Waals surface area contributed by atoms with Gasteiger partial charge in [0.2, 0.25) is 10.0 Å². The van der Waals surface area contributed by atoms with E-state index in [2.05, 4.69) is 11.9 Å². The van der Waals surface area contributed by atoms with Crippen molar-refractivity contribution in [2.75, 3.05) is 20.1 Å². The van der Waals surface area contributed by atoms with Crippen LogP contribution >= 0.6 is 11.6 Å². The first kappa shape index (κ1) is 17.2. The van der Waals surface area contributed by atoms with Crippen LogP contribution in [0.2, 0.25) is 5.02 Å². The van der Waals surface area contributed by atoms with E-state index in [0.29, 0.717) is 24.7 Å². The average Bonchev–Trinajstić information content (AvgIpc) is 2.38. The van der Waals surface area contributed by atoms with Gasteiger partial charge in [-0.05, 0) is 37.7 Å². The first-order chi connectivity index (χ1) is 9.32. The Bertz CT molecular complexity index is 585. The number of sulfonamides is 1. The second kappa shape index (κ2) is 7.22. The molecule has 1 aromatic rings. The Kier molecular flexibility index (Phi) is 6.20. The zero-order chi connectivity index (χ0) is 15.3. The summed E-state index contributed by atoms with van der Waals surface area (Å²) in [5.41, 5.74) is 1.57. The van der Waals surface area contributed by atoms with E-state index in [1.54, 1.807) is 19.2 Å². The van der Waals surface area contributed by atoms with Crippen molar-refractivity contribution < 1.29 is 8.42 Å². The molecule has 112 valence electrons. The van der Waals surface area contributed by atoms with E-state index in [9.17, 15) is 8.42 Å². The second-order valence-electron chi connectivity index (χ2n) is 4.67. The van der Waals surface area contributed by atoms with Crippen molar-refractivity contribution >= 4 is 21.6 Å². The molecule has 0 aliphatic carbocycles. The molecule has 0 spiro atoms. The van der Waals surface area contributed by atoms with Crippen LogP contribution in [0.15, 0.2) is 35.2 Å². The van der Waals surface area contributed by atoms with Gasteiger partial charge in [0.05, 0.1) is 4.90 Å². The van der Waals surface area contributed by atoms with E-state index >= 15 is 0 Å². The van der Waals surface area contributed by atoms with E-state index in [4.69, 9.17) is 11.6 Å². The largest absolute Gasteiger partial charge is 0.316 e. The van der Waals surface area contributed by atoms with Gasteiger partial charge < -0.3 is 5.32 Å². The average molecular weight is 317 g/mol. The minimum absolute atomic E-state index is 0.259. The minimum atomic E-state index is -3.52. The Hall–Kier alpha value is -0.880. The van der Waals surface area contributed by atoms with Crippen molar-refractivity contribution in [3.63, 3.8) is 0 Å². The standard InChI is InChI=1S/C14H21ClN2O2S/c1-5-17(10-11(2)3)20(18,19)13-6-7-14(15)12(8-13)9-16-4/h6-8,16H,2,5,9-10H2,1,3-4H3. The highest BCUT2D eigenvalue weighted by Gasteiger charge is 2.23. The highest BCUT2D eigenvalue weighted by molar-refractivity contribution is 7.89. The van der Waals surface area contributed by atoms with E-state index in [0.717, 1.165) is 11.1 Å². The SMILES string of the molecule is C=C(C)CN(CC)S(=O)(=O)c1ccc(Cl)c(CNC)c1. The highest BCUT2D eigenvalue weighted by Crippen LogP contribution is 2.23. The molecule has 20 heavy (non-hydrogen) atoms. The summed E-state index contributed by atoms with van der Waals surface area (Å²) in [4.78, 5) is 0.259. The summed E-state index contributed by atoms with van der Waals surface area (Å²) < 4.78 is 26.6. The van der Waals surface area contributed by atoms with Crippen LogP contribution in [0.25, 0.3) is 0 Å². The van der Waals surface area contributed by atoms with Crippen molar-refractivity contribution in [2.45, 2.75) is 25.3 Å². The molecule has 0 radical (unpaired) electrons. The van der Waals surface area contributed by atoms with Crippen LogP contribution in [0, 0.1) is 0 Å². The summed E-state index contributed by atoms with van der Waals surface area (Å²) in [5.74, 6) is 0. The molecule has 4 nitrogen and oxygen atoms in total. The van der Waals surface area contributed by atoms with Gasteiger partial charge >= 0.3 is 0 Å². The number of likely N-dealkylation sites (N-methyl/N-ethyl adjacent to an activating group) is 1. The molecule has 1 aromatic carbocycles. The van der Waals surface area contributed by atoms with Crippen molar-refractivity contribution in [1.29, 1.82) is 0 Å². The number of nitrogens with zero attached hydrogens (tertiary/aromatic N) is 1. The zero-order valence-electron chi connectivity index (χ0n) is 12.1. The maximum atomic E-state index is 12.6. The van der Waals surface area contributed by atoms with Gasteiger partial charge in [0.15, 0.2) is 0 Å². The smallest absolute Gasteiger partial charge is 0.243 e. The lowest BCUT2D eigenvalue weighted by Crippen LogP contribution is -2.32. The predicted molar refractivity (Wildman–Crippen MR) is 83.5 cm³/mol. The van der Waals surface area contributed by atoms with Gasteiger partial charge in [-0.2, -0.15) is 4.31 Å². The molecule has 0 heterocycles. The summed E-state index contributed by atoms with van der Waals surface area (Å²) in [5, 5.41) is 3.53. The molecule has 0 saturated carbocycles. The molecule has 6 heteroatoms. The summed E-state index contributed by atoms with van der Waals surface area (Å²) >= 11 is 6.06. The Labute approximate surface area is 126 Å². The normalized spacial score (nSPS) is 11.8. The Morgan fingerprint density at radius 2 is 2.10 bits per heavy atom. The summed E-state index contributed by atoms with van der Waals surface area (Å²) in [6.45, 7) is 8.64. The van der Waals surface area contributed by atoms with Gasteiger partial charge in [0.25, 0.3) is 0 Å². The third kappa shape index (κ3) is 4.06. The maximum absolute atomic E-state index is 12.6. The van der Waals surface area contributed by atoms with Gasteiger partial charge in [-0.1, -0.05) is 30.7 Å². The third-order valence-corrected chi connectivity index (χ3v) is 5.11. The number of nitrogens with one attached hydrogen (secondary N) is 1. The van der Waals surface area contributed by atoms with E-state index in [1.165, 1.54) is 10.4 Å². The van der Waals surface area contributed by atoms with Crippen LogP contribution in [0.5, 0.6) is 0 Å². The van der Waals surface area contributed by atoms with Gasteiger partial charge in [0.1, 0.15) is 0 Å². The van der Waals surface area contributed by atoms with E-state index in [-0.39, 0.29) is 4.90 Å². The number of halogens is 1. The van der Waals surface area contributed by atoms with Crippen molar-refractivity contribution in [2.24, 2.45) is 0 Å². The number of rotatable bonds is 7. The first-order valence-electron chi connectivity index (χ1n) is 6.40. The van der Waals surface area contributed by atoms with E-state index < -0.39 is 10.0 Å². The molecule has 0 amide bonds. The molecule has 0 aliphatic rings. The van der Waals surface area contributed by atoms with Crippen LogP contribution < -0.4 is 5.32 Å². The second-order valence-corrected chi connectivity index (χ2v) is 7.02. The Morgan fingerprint density at radius 1 is 1.45 bits per heavy atom. The minimum Gasteiger partial charge on any atom is -0.316 e. The van der Waals surface area contributed by atoms with Gasteiger partial charge in [-0.15, -0.1) is 0 Å². The van der Waals surface area contributed by atoms with Gasteiger partial charge in [-0.25, -0.2) is 8.42 Å². The van der Waals surface area contributed by atoms with Crippen LogP contribution in [0.1, 0.15) is 19.4 Å². The maximum Gasteiger partial charge on any atom is 0.243 e. The summed E-state index contributed by atoms with van der Waals surface area (Å²) in [7, 11) is -1.73. The van der Waals surface area contributed by atoms with Crippen LogP contribution in [-0.2, 0) is 16.6 Å². The molecule has 0 aliphatic heterocycles. The lowest BCUT2D eigenvalue weighted by Gasteiger charge is -2.21. The molecule has 1 N–H and O–H groups in total. The molecular weight excluding hydrogens is 296 g/mol. The molecule has 0 atom stereocenters. The van der Waals surface area contributed by atoms with Crippen molar-refractivity contribution in [3.8, 4) is 0 Å². The van der Waals surface area contributed by atoms with Crippen LogP contribution in [0.4, 0.5) is 0 Å². The molecule has 0 unspecified atom stereocenters. The lowest BCUT2D eigenvalue weighted by atomic mass is 10.2. The van der Waals surface area contributed by atoms with Gasteiger partial charge in [-0.3, -0.25) is 0 Å².